The summed E-state index contributed by atoms with van der Waals surface area (Å²) >= 11 is 0. The zero-order chi connectivity index (χ0) is 21.8. The highest BCUT2D eigenvalue weighted by Gasteiger charge is 2.50. The summed E-state index contributed by atoms with van der Waals surface area (Å²) in [7, 11) is -7.69. The molecular formula is C20H24N2O5S2. The first-order chi connectivity index (χ1) is 13.3. The second kappa shape index (κ2) is 6.84. The number of carbonyl (C=O) groups is 1. The number of nitrogens with one attached hydrogen (secondary N) is 1. The molecule has 1 amide bonds. The fraction of sp³-hybridized carbons (Fsp3) is 0.350. The maximum atomic E-state index is 12.9. The van der Waals surface area contributed by atoms with Gasteiger partial charge in [0, 0.05) is 0 Å². The van der Waals surface area contributed by atoms with Crippen LogP contribution < -0.4 is 9.03 Å². The minimum absolute atomic E-state index is 0.0189. The Bertz CT molecular complexity index is 1220. The first-order valence-corrected chi connectivity index (χ1v) is 12.1. The number of hydrogen-bond acceptors (Lipinski definition) is 5. The molecular weight excluding hydrogens is 412 g/mol. The lowest BCUT2D eigenvalue weighted by Crippen LogP contribution is -2.33. The number of sulfonamides is 2. The van der Waals surface area contributed by atoms with Crippen LogP contribution in [0.4, 0.5) is 11.4 Å². The predicted octanol–water partition coefficient (Wildman–Crippen LogP) is 3.12. The SMILES string of the molecule is Cc1cc(N2C(=O)C(C)(C)CS2(=O)=O)ccc1S(=O)(=O)Nc1cccc(C)c1C. The van der Waals surface area contributed by atoms with Gasteiger partial charge in [-0.1, -0.05) is 12.1 Å². The van der Waals surface area contributed by atoms with Crippen molar-refractivity contribution in [2.45, 2.75) is 39.5 Å². The molecule has 2 aromatic rings. The van der Waals surface area contributed by atoms with Crippen molar-refractivity contribution in [1.29, 1.82) is 0 Å². The number of benzene rings is 2. The van der Waals surface area contributed by atoms with Gasteiger partial charge in [0.2, 0.25) is 15.9 Å². The maximum absolute atomic E-state index is 12.9. The van der Waals surface area contributed by atoms with E-state index in [0.29, 0.717) is 11.3 Å². The average molecular weight is 437 g/mol. The van der Waals surface area contributed by atoms with Crippen LogP contribution in [0.1, 0.15) is 30.5 Å². The highest BCUT2D eigenvalue weighted by Crippen LogP contribution is 2.37. The highest BCUT2D eigenvalue weighted by molar-refractivity contribution is 7.94. The average Bonchev–Trinajstić information content (AvgIpc) is 2.74. The maximum Gasteiger partial charge on any atom is 0.262 e. The molecule has 1 N–H and O–H groups in total. The molecule has 0 unspecified atom stereocenters. The van der Waals surface area contributed by atoms with Gasteiger partial charge in [0.1, 0.15) is 0 Å². The van der Waals surface area contributed by atoms with E-state index in [1.54, 1.807) is 32.9 Å². The van der Waals surface area contributed by atoms with Crippen LogP contribution in [0, 0.1) is 26.2 Å². The Morgan fingerprint density at radius 1 is 1.03 bits per heavy atom. The Labute approximate surface area is 171 Å². The number of nitrogens with zero attached hydrogens (tertiary/aromatic N) is 1. The topological polar surface area (TPSA) is 101 Å². The van der Waals surface area contributed by atoms with Crippen LogP contribution in [0.15, 0.2) is 41.3 Å². The Balaban J connectivity index is 2.00. The number of rotatable bonds is 4. The Morgan fingerprint density at radius 2 is 1.69 bits per heavy atom. The van der Waals surface area contributed by atoms with Crippen LogP contribution in [0.25, 0.3) is 0 Å². The van der Waals surface area contributed by atoms with Crippen molar-refractivity contribution in [3.8, 4) is 0 Å². The smallest absolute Gasteiger partial charge is 0.262 e. The predicted molar refractivity (Wildman–Crippen MR) is 113 cm³/mol. The first kappa shape index (κ1) is 21.3. The van der Waals surface area contributed by atoms with Gasteiger partial charge in [-0.05, 0) is 75.6 Å². The largest absolute Gasteiger partial charge is 0.279 e. The lowest BCUT2D eigenvalue weighted by atomic mass is 9.95. The molecule has 0 radical (unpaired) electrons. The summed E-state index contributed by atoms with van der Waals surface area (Å²) in [4.78, 5) is 12.6. The van der Waals surface area contributed by atoms with Gasteiger partial charge in [-0.3, -0.25) is 9.52 Å². The van der Waals surface area contributed by atoms with Gasteiger partial charge in [-0.15, -0.1) is 0 Å². The van der Waals surface area contributed by atoms with Crippen molar-refractivity contribution in [2.75, 3.05) is 14.8 Å². The monoisotopic (exact) mass is 436 g/mol. The normalized spacial score (nSPS) is 18.1. The zero-order valence-corrected chi connectivity index (χ0v) is 18.6. The fourth-order valence-electron chi connectivity index (χ4n) is 3.38. The van der Waals surface area contributed by atoms with E-state index in [-0.39, 0.29) is 16.3 Å². The molecule has 3 rings (SSSR count). The minimum Gasteiger partial charge on any atom is -0.279 e. The molecule has 0 bridgehead atoms. The van der Waals surface area contributed by atoms with Crippen molar-refractivity contribution < 1.29 is 21.6 Å². The number of aryl methyl sites for hydroxylation is 2. The number of amides is 1. The summed E-state index contributed by atoms with van der Waals surface area (Å²) in [5.41, 5.74) is 1.71. The molecule has 2 aromatic carbocycles. The van der Waals surface area contributed by atoms with E-state index in [2.05, 4.69) is 4.72 Å². The number of carbonyl (C=O) groups excluding carboxylic acids is 1. The molecule has 1 fully saturated rings. The Morgan fingerprint density at radius 3 is 2.24 bits per heavy atom. The van der Waals surface area contributed by atoms with Crippen molar-refractivity contribution in [3.05, 3.63) is 53.1 Å². The van der Waals surface area contributed by atoms with Gasteiger partial charge in [0.05, 0.1) is 27.4 Å². The molecule has 1 aliphatic rings. The summed E-state index contributed by atoms with van der Waals surface area (Å²) in [5, 5.41) is 0. The molecule has 156 valence electrons. The second-order valence-electron chi connectivity index (χ2n) is 8.01. The zero-order valence-electron chi connectivity index (χ0n) is 17.0. The highest BCUT2D eigenvalue weighted by atomic mass is 32.2. The molecule has 0 aromatic heterocycles. The summed E-state index contributed by atoms with van der Waals surface area (Å²) in [6, 6.07) is 9.42. The van der Waals surface area contributed by atoms with Gasteiger partial charge >= 0.3 is 0 Å². The quantitative estimate of drug-likeness (QED) is 0.794. The van der Waals surface area contributed by atoms with Crippen LogP contribution in [0.3, 0.4) is 0 Å². The second-order valence-corrected chi connectivity index (χ2v) is 11.5. The third-order valence-electron chi connectivity index (χ3n) is 5.12. The first-order valence-electron chi connectivity index (χ1n) is 9.03. The van der Waals surface area contributed by atoms with E-state index in [1.165, 1.54) is 18.2 Å². The molecule has 7 nitrogen and oxygen atoms in total. The van der Waals surface area contributed by atoms with E-state index in [0.717, 1.165) is 15.4 Å². The lowest BCUT2D eigenvalue weighted by Gasteiger charge is -2.19. The van der Waals surface area contributed by atoms with E-state index < -0.39 is 31.4 Å². The number of hydrogen-bond donors (Lipinski definition) is 1. The summed E-state index contributed by atoms with van der Waals surface area (Å²) in [5.74, 6) is -0.812. The van der Waals surface area contributed by atoms with Crippen LogP contribution in [-0.2, 0) is 24.8 Å². The fourth-order valence-corrected chi connectivity index (χ4v) is 6.83. The van der Waals surface area contributed by atoms with Gasteiger partial charge in [-0.25, -0.2) is 21.1 Å². The van der Waals surface area contributed by atoms with Crippen molar-refractivity contribution >= 4 is 37.3 Å². The molecule has 9 heteroatoms. The van der Waals surface area contributed by atoms with Gasteiger partial charge in [-0.2, -0.15) is 0 Å². The van der Waals surface area contributed by atoms with E-state index in [1.807, 2.05) is 19.9 Å². The van der Waals surface area contributed by atoms with E-state index >= 15 is 0 Å². The lowest BCUT2D eigenvalue weighted by molar-refractivity contribution is -0.123. The number of anilines is 2. The van der Waals surface area contributed by atoms with Crippen LogP contribution in [-0.4, -0.2) is 28.5 Å². The molecule has 0 spiro atoms. The van der Waals surface area contributed by atoms with Crippen molar-refractivity contribution in [1.82, 2.24) is 0 Å². The Kier molecular flexibility index (Phi) is 5.03. The molecule has 0 aliphatic carbocycles. The van der Waals surface area contributed by atoms with Gasteiger partial charge in [0.15, 0.2) is 0 Å². The Hall–Kier alpha value is -2.39. The van der Waals surface area contributed by atoms with E-state index in [4.69, 9.17) is 0 Å². The van der Waals surface area contributed by atoms with Crippen LogP contribution in [0.2, 0.25) is 0 Å². The van der Waals surface area contributed by atoms with Gasteiger partial charge < -0.3 is 0 Å². The molecule has 1 saturated heterocycles. The molecule has 1 heterocycles. The van der Waals surface area contributed by atoms with Crippen molar-refractivity contribution in [3.63, 3.8) is 0 Å². The van der Waals surface area contributed by atoms with Crippen LogP contribution in [0.5, 0.6) is 0 Å². The van der Waals surface area contributed by atoms with E-state index in [9.17, 15) is 21.6 Å². The third kappa shape index (κ3) is 3.76. The summed E-state index contributed by atoms with van der Waals surface area (Å²) < 4.78 is 54.1. The molecule has 0 atom stereocenters. The summed E-state index contributed by atoms with van der Waals surface area (Å²) in [6.07, 6.45) is 0. The van der Waals surface area contributed by atoms with Gasteiger partial charge in [0.25, 0.3) is 10.0 Å². The third-order valence-corrected chi connectivity index (χ3v) is 8.66. The molecule has 1 aliphatic heterocycles. The standard InChI is InChI=1S/C20H24N2O5S2/c1-13-7-6-8-17(15(13)3)21-29(26,27)18-10-9-16(11-14(18)2)22-19(23)20(4,5)12-28(22,24)25/h6-11,21H,12H2,1-5H3. The molecule has 0 saturated carbocycles. The minimum atomic E-state index is -3.89. The van der Waals surface area contributed by atoms with Crippen LogP contribution >= 0.6 is 0 Å². The van der Waals surface area contributed by atoms with Crippen molar-refractivity contribution in [2.24, 2.45) is 5.41 Å². The molecule has 29 heavy (non-hydrogen) atoms. The summed E-state index contributed by atoms with van der Waals surface area (Å²) in [6.45, 7) is 8.44.